The Labute approximate surface area is 115 Å². The molecule has 2 aromatic rings. The number of halogens is 1. The zero-order valence-electron chi connectivity index (χ0n) is 10.7. The van der Waals surface area contributed by atoms with Crippen LogP contribution in [-0.4, -0.2) is 25.8 Å². The Morgan fingerprint density at radius 1 is 1.47 bits per heavy atom. The molecule has 0 spiro atoms. The van der Waals surface area contributed by atoms with Gasteiger partial charge in [-0.3, -0.25) is 0 Å². The molecule has 1 heterocycles. The third kappa shape index (κ3) is 2.61. The third-order valence-corrected chi connectivity index (χ3v) is 3.22. The zero-order valence-corrected chi connectivity index (χ0v) is 11.5. The van der Waals surface area contributed by atoms with Crippen molar-refractivity contribution in [1.82, 2.24) is 14.8 Å². The molecule has 1 aromatic heterocycles. The highest BCUT2D eigenvalue weighted by Gasteiger charge is 2.17. The summed E-state index contributed by atoms with van der Waals surface area (Å²) in [6.07, 6.45) is 1.52. The summed E-state index contributed by atoms with van der Waals surface area (Å²) in [5, 5.41) is 13.7. The minimum Gasteiger partial charge on any atom is -0.475 e. The Hall–Kier alpha value is -1.88. The topological polar surface area (TPSA) is 68.0 Å². The number of aromatic nitrogens is 3. The van der Waals surface area contributed by atoms with Crippen molar-refractivity contribution in [2.75, 3.05) is 0 Å². The van der Waals surface area contributed by atoms with Crippen molar-refractivity contribution in [2.45, 2.75) is 26.7 Å². The molecule has 5 nitrogen and oxygen atoms in total. The van der Waals surface area contributed by atoms with E-state index in [0.717, 1.165) is 17.7 Å². The second-order valence-electron chi connectivity index (χ2n) is 4.20. The number of benzene rings is 1. The van der Waals surface area contributed by atoms with E-state index in [1.807, 2.05) is 26.0 Å². The Kier molecular flexibility index (Phi) is 3.85. The summed E-state index contributed by atoms with van der Waals surface area (Å²) in [5.41, 5.74) is 1.61. The van der Waals surface area contributed by atoms with Crippen molar-refractivity contribution in [1.29, 1.82) is 0 Å². The second kappa shape index (κ2) is 5.40. The first kappa shape index (κ1) is 13.5. The molecule has 1 N–H and O–H groups in total. The summed E-state index contributed by atoms with van der Waals surface area (Å²) in [6.45, 7) is 3.87. The molecule has 0 aliphatic heterocycles. The molecule has 1 aromatic carbocycles. The molecule has 0 aliphatic carbocycles. The zero-order chi connectivity index (χ0) is 14.0. The Morgan fingerprint density at radius 3 is 2.84 bits per heavy atom. The molecule has 0 bridgehead atoms. The average Bonchev–Trinajstić information content (AvgIpc) is 2.77. The maximum absolute atomic E-state index is 11.0. The lowest BCUT2D eigenvalue weighted by Gasteiger charge is -2.09. The van der Waals surface area contributed by atoms with Crippen LogP contribution in [0.25, 0.3) is 5.69 Å². The number of hydrogen-bond acceptors (Lipinski definition) is 3. The minimum absolute atomic E-state index is 0.192. The van der Waals surface area contributed by atoms with Gasteiger partial charge in [-0.2, -0.15) is 0 Å². The average molecular weight is 280 g/mol. The van der Waals surface area contributed by atoms with E-state index in [0.29, 0.717) is 17.3 Å². The second-order valence-corrected chi connectivity index (χ2v) is 4.61. The monoisotopic (exact) mass is 279 g/mol. The van der Waals surface area contributed by atoms with Crippen LogP contribution in [-0.2, 0) is 6.42 Å². The number of aromatic carboxylic acids is 1. The van der Waals surface area contributed by atoms with Gasteiger partial charge in [-0.25, -0.2) is 14.5 Å². The first-order valence-electron chi connectivity index (χ1n) is 5.99. The van der Waals surface area contributed by atoms with E-state index < -0.39 is 5.97 Å². The fourth-order valence-corrected chi connectivity index (χ4v) is 2.01. The van der Waals surface area contributed by atoms with Crippen LogP contribution in [0.15, 0.2) is 18.2 Å². The summed E-state index contributed by atoms with van der Waals surface area (Å²) < 4.78 is 1.56. The fraction of sp³-hybridized carbons (Fsp3) is 0.308. The lowest BCUT2D eigenvalue weighted by atomic mass is 10.2. The van der Waals surface area contributed by atoms with Crippen LogP contribution in [0.5, 0.6) is 0 Å². The van der Waals surface area contributed by atoms with Crippen molar-refractivity contribution in [3.05, 3.63) is 40.4 Å². The van der Waals surface area contributed by atoms with Crippen molar-refractivity contribution in [3.63, 3.8) is 0 Å². The van der Waals surface area contributed by atoms with Crippen LogP contribution >= 0.6 is 11.6 Å². The number of nitrogens with zero attached hydrogens (tertiary/aromatic N) is 3. The number of carboxylic acids is 1. The normalized spacial score (nSPS) is 10.7. The number of carbonyl (C=O) groups is 1. The van der Waals surface area contributed by atoms with Crippen LogP contribution in [0.2, 0.25) is 5.02 Å². The molecule has 0 unspecified atom stereocenters. The van der Waals surface area contributed by atoms with Gasteiger partial charge in [0.05, 0.1) is 5.69 Å². The van der Waals surface area contributed by atoms with Gasteiger partial charge < -0.3 is 5.11 Å². The summed E-state index contributed by atoms with van der Waals surface area (Å²) in [7, 11) is 0. The highest BCUT2D eigenvalue weighted by Crippen LogP contribution is 2.23. The van der Waals surface area contributed by atoms with E-state index in [1.54, 1.807) is 10.7 Å². The van der Waals surface area contributed by atoms with Crippen LogP contribution in [0.1, 0.15) is 35.4 Å². The lowest BCUT2D eigenvalue weighted by molar-refractivity contribution is 0.0683. The summed E-state index contributed by atoms with van der Waals surface area (Å²) >= 11 is 6.08. The van der Waals surface area contributed by atoms with Crippen LogP contribution in [0.4, 0.5) is 0 Å². The number of hydrogen-bond donors (Lipinski definition) is 1. The van der Waals surface area contributed by atoms with Crippen LogP contribution < -0.4 is 0 Å². The van der Waals surface area contributed by atoms with Gasteiger partial charge in [0.1, 0.15) is 5.82 Å². The molecule has 0 saturated carbocycles. The molecular formula is C13H14ClN3O2. The molecule has 0 radical (unpaired) electrons. The van der Waals surface area contributed by atoms with E-state index in [-0.39, 0.29) is 5.82 Å². The number of rotatable bonds is 4. The molecule has 0 atom stereocenters. The van der Waals surface area contributed by atoms with Crippen LogP contribution in [0, 0.1) is 6.92 Å². The molecule has 0 aliphatic rings. The molecule has 100 valence electrons. The fourth-order valence-electron chi connectivity index (χ4n) is 1.84. The van der Waals surface area contributed by atoms with Gasteiger partial charge in [0.15, 0.2) is 0 Å². The SMILES string of the molecule is CCCc1nc(C(=O)O)nn1-c1cccc(Cl)c1C. The van der Waals surface area contributed by atoms with Gasteiger partial charge in [0.2, 0.25) is 0 Å². The van der Waals surface area contributed by atoms with Crippen molar-refractivity contribution in [2.24, 2.45) is 0 Å². The minimum atomic E-state index is -1.13. The maximum atomic E-state index is 11.0. The molecule has 2 rings (SSSR count). The maximum Gasteiger partial charge on any atom is 0.375 e. The Bertz CT molecular complexity index is 622. The van der Waals surface area contributed by atoms with Crippen molar-refractivity contribution in [3.8, 4) is 5.69 Å². The highest BCUT2D eigenvalue weighted by atomic mass is 35.5. The first-order chi connectivity index (χ1) is 9.04. The van der Waals surface area contributed by atoms with Gasteiger partial charge in [0, 0.05) is 11.4 Å². The third-order valence-electron chi connectivity index (χ3n) is 2.81. The Balaban J connectivity index is 2.59. The van der Waals surface area contributed by atoms with Crippen molar-refractivity contribution < 1.29 is 9.90 Å². The standard InChI is InChI=1S/C13H14ClN3O2/c1-3-5-11-15-12(13(18)19)16-17(11)10-7-4-6-9(14)8(10)2/h4,6-7H,3,5H2,1-2H3,(H,18,19). The summed E-state index contributed by atoms with van der Waals surface area (Å²) in [5.74, 6) is -0.691. The van der Waals surface area contributed by atoms with Gasteiger partial charge in [0.25, 0.3) is 5.82 Å². The summed E-state index contributed by atoms with van der Waals surface area (Å²) in [4.78, 5) is 15.0. The van der Waals surface area contributed by atoms with E-state index >= 15 is 0 Å². The first-order valence-corrected chi connectivity index (χ1v) is 6.37. The largest absolute Gasteiger partial charge is 0.475 e. The molecule has 0 saturated heterocycles. The van der Waals surface area contributed by atoms with Crippen molar-refractivity contribution >= 4 is 17.6 Å². The predicted octanol–water partition coefficient (Wildman–Crippen LogP) is 2.88. The predicted molar refractivity (Wildman–Crippen MR) is 72.1 cm³/mol. The molecule has 19 heavy (non-hydrogen) atoms. The summed E-state index contributed by atoms with van der Waals surface area (Å²) in [6, 6.07) is 5.44. The highest BCUT2D eigenvalue weighted by molar-refractivity contribution is 6.31. The molecular weight excluding hydrogens is 266 g/mol. The van der Waals surface area contributed by atoms with E-state index in [9.17, 15) is 4.79 Å². The van der Waals surface area contributed by atoms with Gasteiger partial charge >= 0.3 is 5.97 Å². The molecule has 0 amide bonds. The van der Waals surface area contributed by atoms with Crippen LogP contribution in [0.3, 0.4) is 0 Å². The van der Waals surface area contributed by atoms with E-state index in [1.165, 1.54) is 0 Å². The van der Waals surface area contributed by atoms with Gasteiger partial charge in [-0.05, 0) is 31.0 Å². The Morgan fingerprint density at radius 2 is 2.21 bits per heavy atom. The van der Waals surface area contributed by atoms with E-state index in [2.05, 4.69) is 10.1 Å². The number of aryl methyl sites for hydroxylation is 1. The lowest BCUT2D eigenvalue weighted by Crippen LogP contribution is -2.05. The van der Waals surface area contributed by atoms with Gasteiger partial charge in [-0.1, -0.05) is 24.6 Å². The number of carboxylic acid groups (broad SMARTS) is 1. The molecule has 6 heteroatoms. The molecule has 0 fully saturated rings. The van der Waals surface area contributed by atoms with Gasteiger partial charge in [-0.15, -0.1) is 5.10 Å². The smallest absolute Gasteiger partial charge is 0.375 e. The quantitative estimate of drug-likeness (QED) is 0.934. The van der Waals surface area contributed by atoms with E-state index in [4.69, 9.17) is 16.7 Å².